The number of anilines is 2. The molecule has 8 heteroatoms. The summed E-state index contributed by atoms with van der Waals surface area (Å²) in [5.74, 6) is 1.42. The Balaban J connectivity index is 0.000000231. The fraction of sp³-hybridized carbons (Fsp3) is 0.200. The first-order chi connectivity index (χ1) is 10.7. The average Bonchev–Trinajstić information content (AvgIpc) is 2.48. The van der Waals surface area contributed by atoms with Crippen molar-refractivity contribution in [1.82, 2.24) is 0 Å². The molecule has 4 nitrogen and oxygen atoms in total. The maximum absolute atomic E-state index is 12.0. The van der Waals surface area contributed by atoms with Crippen LogP contribution in [0, 0.1) is 0 Å². The molecule has 0 amide bonds. The van der Waals surface area contributed by atoms with Gasteiger partial charge in [0.15, 0.2) is 0 Å². The monoisotopic (exact) mass is 348 g/mol. The van der Waals surface area contributed by atoms with Crippen LogP contribution in [-0.2, 0) is 6.18 Å². The van der Waals surface area contributed by atoms with E-state index in [1.807, 2.05) is 0 Å². The minimum Gasteiger partial charge on any atom is -0.497 e. The van der Waals surface area contributed by atoms with Crippen LogP contribution >= 0.6 is 11.6 Å². The van der Waals surface area contributed by atoms with Gasteiger partial charge in [-0.3, -0.25) is 0 Å². The highest BCUT2D eigenvalue weighted by atomic mass is 35.5. The Morgan fingerprint density at radius 2 is 1.43 bits per heavy atom. The predicted octanol–water partition coefficient (Wildman–Crippen LogP) is 4.23. The second kappa shape index (κ2) is 7.82. The number of halogens is 4. The van der Waals surface area contributed by atoms with Crippen LogP contribution in [0.1, 0.15) is 5.56 Å². The van der Waals surface area contributed by atoms with Gasteiger partial charge in [0.1, 0.15) is 11.5 Å². The number of hydrogen-bond acceptors (Lipinski definition) is 4. The van der Waals surface area contributed by atoms with Crippen molar-refractivity contribution < 1.29 is 22.6 Å². The topological polar surface area (TPSA) is 70.5 Å². The number of nitrogen functional groups attached to an aromatic ring is 2. The summed E-state index contributed by atoms with van der Waals surface area (Å²) in [5, 5.41) is 0.128. The van der Waals surface area contributed by atoms with E-state index in [1.165, 1.54) is 0 Å². The molecule has 126 valence electrons. The summed E-state index contributed by atoms with van der Waals surface area (Å²) >= 11 is 5.44. The molecule has 0 heterocycles. The van der Waals surface area contributed by atoms with E-state index in [2.05, 4.69) is 0 Å². The molecule has 0 unspecified atom stereocenters. The minimum absolute atomic E-state index is 0.0634. The lowest BCUT2D eigenvalue weighted by Gasteiger charge is -2.07. The Hall–Kier alpha value is -2.28. The van der Waals surface area contributed by atoms with Crippen molar-refractivity contribution in [1.29, 1.82) is 0 Å². The molecule has 0 spiro atoms. The van der Waals surface area contributed by atoms with Gasteiger partial charge >= 0.3 is 6.18 Å². The summed E-state index contributed by atoms with van der Waals surface area (Å²) in [7, 11) is 3.18. The third-order valence-electron chi connectivity index (χ3n) is 2.70. The number of methoxy groups -OCH3 is 2. The van der Waals surface area contributed by atoms with Gasteiger partial charge in [0.05, 0.1) is 30.5 Å². The normalized spacial score (nSPS) is 10.5. The van der Waals surface area contributed by atoms with Gasteiger partial charge in [-0.15, -0.1) is 0 Å². The van der Waals surface area contributed by atoms with Crippen molar-refractivity contribution in [3.05, 3.63) is 47.0 Å². The van der Waals surface area contributed by atoms with E-state index in [1.54, 1.807) is 32.4 Å². The molecule has 23 heavy (non-hydrogen) atoms. The maximum Gasteiger partial charge on any atom is 0.416 e. The Labute approximate surface area is 136 Å². The van der Waals surface area contributed by atoms with Crippen LogP contribution in [0.5, 0.6) is 11.5 Å². The van der Waals surface area contributed by atoms with Gasteiger partial charge < -0.3 is 20.9 Å². The van der Waals surface area contributed by atoms with Crippen molar-refractivity contribution in [2.24, 2.45) is 0 Å². The molecule has 0 atom stereocenters. The first-order valence-corrected chi connectivity index (χ1v) is 6.66. The number of ether oxygens (including phenoxy) is 2. The molecule has 0 aliphatic carbocycles. The fourth-order valence-corrected chi connectivity index (χ4v) is 1.67. The van der Waals surface area contributed by atoms with Crippen LogP contribution in [0.25, 0.3) is 0 Å². The first-order valence-electron chi connectivity index (χ1n) is 6.28. The van der Waals surface area contributed by atoms with Gasteiger partial charge in [-0.2, -0.15) is 13.2 Å². The van der Waals surface area contributed by atoms with E-state index in [0.717, 1.165) is 18.2 Å². The van der Waals surface area contributed by atoms with Gasteiger partial charge in [-0.1, -0.05) is 11.6 Å². The number of hydrogen-bond donors (Lipinski definition) is 2. The number of nitrogens with two attached hydrogens (primary N) is 2. The van der Waals surface area contributed by atoms with E-state index >= 15 is 0 Å². The van der Waals surface area contributed by atoms with Gasteiger partial charge in [0.25, 0.3) is 0 Å². The molecule has 2 rings (SSSR count). The first kappa shape index (κ1) is 18.8. The van der Waals surface area contributed by atoms with E-state index < -0.39 is 11.7 Å². The van der Waals surface area contributed by atoms with Crippen molar-refractivity contribution >= 4 is 23.0 Å². The van der Waals surface area contributed by atoms with Gasteiger partial charge in [-0.05, 0) is 18.2 Å². The van der Waals surface area contributed by atoms with E-state index in [0.29, 0.717) is 17.2 Å². The zero-order chi connectivity index (χ0) is 17.6. The fourth-order valence-electron chi connectivity index (χ4n) is 1.55. The van der Waals surface area contributed by atoms with Crippen molar-refractivity contribution in [3.8, 4) is 11.5 Å². The number of benzene rings is 2. The van der Waals surface area contributed by atoms with Crippen LogP contribution in [0.2, 0.25) is 5.02 Å². The van der Waals surface area contributed by atoms with E-state index in [-0.39, 0.29) is 10.7 Å². The Morgan fingerprint density at radius 3 is 1.83 bits per heavy atom. The van der Waals surface area contributed by atoms with Gasteiger partial charge in [0.2, 0.25) is 0 Å². The molecule has 2 aromatic rings. The molecule has 0 aliphatic rings. The van der Waals surface area contributed by atoms with Crippen molar-refractivity contribution in [2.75, 3.05) is 25.7 Å². The largest absolute Gasteiger partial charge is 0.497 e. The summed E-state index contributed by atoms with van der Waals surface area (Å²) in [6.07, 6.45) is -4.36. The average molecular weight is 349 g/mol. The molecule has 0 saturated carbocycles. The lowest BCUT2D eigenvalue weighted by Crippen LogP contribution is -2.05. The molecule has 4 N–H and O–H groups in total. The summed E-state index contributed by atoms with van der Waals surface area (Å²) < 4.78 is 46.0. The zero-order valence-corrected chi connectivity index (χ0v) is 13.2. The molecule has 0 saturated heterocycles. The lowest BCUT2D eigenvalue weighted by atomic mass is 10.2. The van der Waals surface area contributed by atoms with E-state index in [9.17, 15) is 13.2 Å². The maximum atomic E-state index is 12.0. The molecular weight excluding hydrogens is 333 g/mol. The standard InChI is InChI=1S/C8H11NO2.C7H5ClF3N/c1-10-7-3-6(9)4-8(5-7)11-2;8-5-2-1-4(3-6(5)12)7(9,10)11/h3-5H,9H2,1-2H3;1-3H,12H2. The quantitative estimate of drug-likeness (QED) is 0.797. The zero-order valence-electron chi connectivity index (χ0n) is 12.4. The van der Waals surface area contributed by atoms with Gasteiger partial charge in [0, 0.05) is 23.9 Å². The molecule has 0 radical (unpaired) electrons. The minimum atomic E-state index is -4.36. The number of rotatable bonds is 2. The second-order valence-electron chi connectivity index (χ2n) is 4.38. The highest BCUT2D eigenvalue weighted by molar-refractivity contribution is 6.33. The van der Waals surface area contributed by atoms with Crippen molar-refractivity contribution in [3.63, 3.8) is 0 Å². The number of alkyl halides is 3. The molecular formula is C15H16ClF3N2O2. The van der Waals surface area contributed by atoms with Crippen LogP contribution in [0.4, 0.5) is 24.5 Å². The molecule has 0 aliphatic heterocycles. The molecule has 0 aromatic heterocycles. The highest BCUT2D eigenvalue weighted by Crippen LogP contribution is 2.32. The van der Waals surface area contributed by atoms with Crippen molar-refractivity contribution in [2.45, 2.75) is 6.18 Å². The molecule has 0 bridgehead atoms. The SMILES string of the molecule is COc1cc(N)cc(OC)c1.Nc1cc(C(F)(F)F)ccc1Cl. The third-order valence-corrected chi connectivity index (χ3v) is 3.04. The predicted molar refractivity (Wildman–Crippen MR) is 84.8 cm³/mol. The highest BCUT2D eigenvalue weighted by Gasteiger charge is 2.30. The smallest absolute Gasteiger partial charge is 0.416 e. The summed E-state index contributed by atoms with van der Waals surface area (Å²) in [6.45, 7) is 0. The van der Waals surface area contributed by atoms with Crippen LogP contribution in [-0.4, -0.2) is 14.2 Å². The lowest BCUT2D eigenvalue weighted by molar-refractivity contribution is -0.137. The summed E-state index contributed by atoms with van der Waals surface area (Å²) in [4.78, 5) is 0. The van der Waals surface area contributed by atoms with Gasteiger partial charge in [-0.25, -0.2) is 0 Å². The summed E-state index contributed by atoms with van der Waals surface area (Å²) in [6, 6.07) is 8.07. The van der Waals surface area contributed by atoms with Crippen LogP contribution in [0.15, 0.2) is 36.4 Å². The second-order valence-corrected chi connectivity index (χ2v) is 4.79. The van der Waals surface area contributed by atoms with Crippen LogP contribution < -0.4 is 20.9 Å². The molecule has 0 fully saturated rings. The third kappa shape index (κ3) is 5.78. The Kier molecular flexibility index (Phi) is 6.38. The summed E-state index contributed by atoms with van der Waals surface area (Å²) in [5.41, 5.74) is 10.5. The molecule has 2 aromatic carbocycles. The van der Waals surface area contributed by atoms with E-state index in [4.69, 9.17) is 32.5 Å². The Morgan fingerprint density at radius 1 is 0.913 bits per heavy atom. The van der Waals surface area contributed by atoms with Crippen LogP contribution in [0.3, 0.4) is 0 Å². The Bertz CT molecular complexity index is 641.